The number of hydrogen-bond acceptors (Lipinski definition) is 1. The topological polar surface area (TPSA) is 17.8 Å². The van der Waals surface area contributed by atoms with E-state index < -0.39 is 0 Å². The Morgan fingerprint density at radius 1 is 1.38 bits per heavy atom. The molecule has 0 saturated heterocycles. The van der Waals surface area contributed by atoms with E-state index >= 15 is 0 Å². The van der Waals surface area contributed by atoms with Crippen LogP contribution in [0.15, 0.2) is 18.2 Å². The van der Waals surface area contributed by atoms with Crippen molar-refractivity contribution in [2.24, 2.45) is 0 Å². The van der Waals surface area contributed by atoms with E-state index in [4.69, 9.17) is 0 Å². The van der Waals surface area contributed by atoms with E-state index in [9.17, 15) is 0 Å². The number of aryl methyl sites for hydroxylation is 2. The molecule has 3 rings (SSSR count). The summed E-state index contributed by atoms with van der Waals surface area (Å²) in [7, 11) is 0. The lowest BCUT2D eigenvalue weighted by molar-refractivity contribution is 0.771. The first kappa shape index (κ1) is 7.79. The van der Waals surface area contributed by atoms with Crippen LogP contribution in [0.1, 0.15) is 12.2 Å². The van der Waals surface area contributed by atoms with E-state index in [1.54, 1.807) is 0 Å². The Balaban J connectivity index is 2.40. The molecule has 0 N–H and O–H groups in total. The van der Waals surface area contributed by atoms with E-state index in [-0.39, 0.29) is 0 Å². The highest BCUT2D eigenvalue weighted by atomic mass is 127. The van der Waals surface area contributed by atoms with Crippen molar-refractivity contribution in [2.45, 2.75) is 19.4 Å². The van der Waals surface area contributed by atoms with E-state index in [0.717, 1.165) is 18.5 Å². The van der Waals surface area contributed by atoms with Gasteiger partial charge in [0.25, 0.3) is 0 Å². The van der Waals surface area contributed by atoms with Crippen LogP contribution in [0, 0.1) is 3.57 Å². The van der Waals surface area contributed by atoms with Gasteiger partial charge in [-0.15, -0.1) is 0 Å². The Kier molecular flexibility index (Phi) is 1.62. The number of rotatable bonds is 0. The Bertz CT molecular complexity index is 473. The van der Waals surface area contributed by atoms with Gasteiger partial charge in [-0.3, -0.25) is 0 Å². The summed E-state index contributed by atoms with van der Waals surface area (Å²) in [5.41, 5.74) is 2.45. The molecule has 0 fully saturated rings. The van der Waals surface area contributed by atoms with Gasteiger partial charge in [0.05, 0.1) is 11.0 Å². The molecule has 1 aliphatic rings. The summed E-state index contributed by atoms with van der Waals surface area (Å²) in [5.74, 6) is 1.26. The summed E-state index contributed by atoms with van der Waals surface area (Å²) >= 11 is 2.35. The molecule has 0 atom stereocenters. The SMILES string of the molecule is Ic1ccc2nc3n(c2c1)CCC3. The predicted molar refractivity (Wildman–Crippen MR) is 60.8 cm³/mol. The van der Waals surface area contributed by atoms with E-state index in [2.05, 4.69) is 50.3 Å². The first-order valence-electron chi connectivity index (χ1n) is 4.49. The van der Waals surface area contributed by atoms with Crippen LogP contribution < -0.4 is 0 Å². The maximum atomic E-state index is 4.59. The van der Waals surface area contributed by atoms with Gasteiger partial charge >= 0.3 is 0 Å². The Labute approximate surface area is 90.1 Å². The Hall–Kier alpha value is -0.580. The molecule has 1 aromatic carbocycles. The molecule has 2 aromatic rings. The predicted octanol–water partition coefficient (Wildman–Crippen LogP) is 2.59. The minimum atomic E-state index is 1.14. The molecule has 0 spiro atoms. The van der Waals surface area contributed by atoms with Gasteiger partial charge in [0.2, 0.25) is 0 Å². The number of hydrogen-bond donors (Lipinski definition) is 0. The van der Waals surface area contributed by atoms with E-state index in [0.29, 0.717) is 0 Å². The van der Waals surface area contributed by atoms with Gasteiger partial charge in [-0.2, -0.15) is 0 Å². The van der Waals surface area contributed by atoms with Crippen molar-refractivity contribution < 1.29 is 0 Å². The van der Waals surface area contributed by atoms with Gasteiger partial charge in [-0.1, -0.05) is 0 Å². The third-order valence-corrected chi connectivity index (χ3v) is 3.24. The number of aromatic nitrogens is 2. The lowest BCUT2D eigenvalue weighted by atomic mass is 10.3. The summed E-state index contributed by atoms with van der Waals surface area (Å²) in [4.78, 5) is 4.59. The minimum absolute atomic E-state index is 1.14. The van der Waals surface area contributed by atoms with Crippen molar-refractivity contribution in [1.29, 1.82) is 0 Å². The van der Waals surface area contributed by atoms with Gasteiger partial charge < -0.3 is 4.57 Å². The quantitative estimate of drug-likeness (QED) is 0.680. The van der Waals surface area contributed by atoms with Crippen molar-refractivity contribution in [3.05, 3.63) is 27.6 Å². The molecule has 3 heteroatoms. The van der Waals surface area contributed by atoms with Crippen molar-refractivity contribution >= 4 is 33.6 Å². The second-order valence-electron chi connectivity index (χ2n) is 3.42. The largest absolute Gasteiger partial charge is 0.328 e. The normalized spacial score (nSPS) is 15.2. The van der Waals surface area contributed by atoms with Crippen molar-refractivity contribution in [1.82, 2.24) is 9.55 Å². The van der Waals surface area contributed by atoms with E-state index in [1.165, 1.54) is 21.3 Å². The van der Waals surface area contributed by atoms with Crippen LogP contribution in [0.25, 0.3) is 11.0 Å². The number of benzene rings is 1. The number of fused-ring (bicyclic) bond motifs is 3. The third-order valence-electron chi connectivity index (χ3n) is 2.57. The highest BCUT2D eigenvalue weighted by molar-refractivity contribution is 14.1. The smallest absolute Gasteiger partial charge is 0.109 e. The fourth-order valence-electron chi connectivity index (χ4n) is 1.98. The zero-order valence-corrected chi connectivity index (χ0v) is 9.28. The molecule has 0 bridgehead atoms. The van der Waals surface area contributed by atoms with Crippen LogP contribution in [-0.2, 0) is 13.0 Å². The first-order valence-corrected chi connectivity index (χ1v) is 5.57. The number of nitrogens with zero attached hydrogens (tertiary/aromatic N) is 2. The summed E-state index contributed by atoms with van der Waals surface area (Å²) in [5, 5.41) is 0. The lowest BCUT2D eigenvalue weighted by Crippen LogP contribution is -1.91. The number of imidazole rings is 1. The van der Waals surface area contributed by atoms with Gasteiger partial charge in [0.1, 0.15) is 5.82 Å². The van der Waals surface area contributed by atoms with Gasteiger partial charge in [-0.05, 0) is 47.2 Å². The third kappa shape index (κ3) is 1.10. The number of halogens is 1. The van der Waals surface area contributed by atoms with Crippen LogP contribution in [0.5, 0.6) is 0 Å². The van der Waals surface area contributed by atoms with E-state index in [1.807, 2.05) is 0 Å². The highest BCUT2D eigenvalue weighted by Crippen LogP contribution is 2.23. The summed E-state index contributed by atoms with van der Waals surface area (Å²) in [6, 6.07) is 6.45. The Morgan fingerprint density at radius 3 is 3.23 bits per heavy atom. The van der Waals surface area contributed by atoms with Crippen LogP contribution in [0.4, 0.5) is 0 Å². The maximum absolute atomic E-state index is 4.59. The van der Waals surface area contributed by atoms with Crippen LogP contribution >= 0.6 is 22.6 Å². The molecule has 66 valence electrons. The molecule has 0 aliphatic carbocycles. The minimum Gasteiger partial charge on any atom is -0.328 e. The second kappa shape index (κ2) is 2.70. The fraction of sp³-hybridized carbons (Fsp3) is 0.300. The molecular weight excluding hydrogens is 275 g/mol. The zero-order valence-electron chi connectivity index (χ0n) is 7.13. The highest BCUT2D eigenvalue weighted by Gasteiger charge is 2.15. The first-order chi connectivity index (χ1) is 6.34. The van der Waals surface area contributed by atoms with Crippen LogP contribution in [0.3, 0.4) is 0 Å². The van der Waals surface area contributed by atoms with Crippen LogP contribution in [0.2, 0.25) is 0 Å². The average Bonchev–Trinajstić information content (AvgIpc) is 2.64. The molecule has 0 amide bonds. The summed E-state index contributed by atoms with van der Waals surface area (Å²) < 4.78 is 3.64. The standard InChI is InChI=1S/C10H9IN2/c11-7-3-4-8-9(6-7)13-5-1-2-10(13)12-8/h3-4,6H,1-2,5H2. The molecular formula is C10H9IN2. The molecule has 0 saturated carbocycles. The summed E-state index contributed by atoms with van der Waals surface area (Å²) in [6.45, 7) is 1.14. The van der Waals surface area contributed by atoms with Gasteiger partial charge in [-0.25, -0.2) is 4.98 Å². The van der Waals surface area contributed by atoms with Crippen molar-refractivity contribution in [3.8, 4) is 0 Å². The molecule has 1 aromatic heterocycles. The summed E-state index contributed by atoms with van der Waals surface area (Å²) in [6.07, 6.45) is 2.40. The molecule has 0 unspecified atom stereocenters. The zero-order chi connectivity index (χ0) is 8.84. The second-order valence-corrected chi connectivity index (χ2v) is 4.66. The average molecular weight is 284 g/mol. The van der Waals surface area contributed by atoms with Gasteiger partial charge in [0, 0.05) is 16.5 Å². The molecule has 2 nitrogen and oxygen atoms in total. The lowest BCUT2D eigenvalue weighted by Gasteiger charge is -1.97. The molecule has 2 heterocycles. The van der Waals surface area contributed by atoms with Crippen molar-refractivity contribution in [3.63, 3.8) is 0 Å². The van der Waals surface area contributed by atoms with Crippen LogP contribution in [-0.4, -0.2) is 9.55 Å². The van der Waals surface area contributed by atoms with Gasteiger partial charge in [0.15, 0.2) is 0 Å². The maximum Gasteiger partial charge on any atom is 0.109 e. The molecule has 0 radical (unpaired) electrons. The monoisotopic (exact) mass is 284 g/mol. The fourth-order valence-corrected chi connectivity index (χ4v) is 2.46. The van der Waals surface area contributed by atoms with Crippen molar-refractivity contribution in [2.75, 3.05) is 0 Å². The Morgan fingerprint density at radius 2 is 2.31 bits per heavy atom. The molecule has 1 aliphatic heterocycles. The molecule has 13 heavy (non-hydrogen) atoms.